The van der Waals surface area contributed by atoms with Gasteiger partial charge in [-0.2, -0.15) is 0 Å². The minimum absolute atomic E-state index is 0.532. The monoisotopic (exact) mass is 186 g/mol. The largest absolute Gasteiger partial charge is 0.462 e. The molecule has 1 rings (SSSR count). The Hall–Kier alpha value is -1.10. The number of carbonyl (C=O) groups is 2. The molecule has 0 atom stereocenters. The zero-order valence-corrected chi connectivity index (χ0v) is 7.95. The van der Waals surface area contributed by atoms with Crippen LogP contribution < -0.4 is 0 Å². The van der Waals surface area contributed by atoms with Crippen molar-refractivity contribution in [3.8, 4) is 0 Å². The van der Waals surface area contributed by atoms with Crippen LogP contribution in [0.15, 0.2) is 0 Å². The smallest absolute Gasteiger partial charge is 0.396 e. The molecule has 1 aliphatic heterocycles. The summed E-state index contributed by atoms with van der Waals surface area (Å²) in [5.41, 5.74) is 0. The highest BCUT2D eigenvalue weighted by molar-refractivity contribution is 6.32. The lowest BCUT2D eigenvalue weighted by atomic mass is 10.3. The van der Waals surface area contributed by atoms with Crippen LogP contribution in [-0.4, -0.2) is 62.0 Å². The molecule has 0 unspecified atom stereocenters. The molecule has 1 aliphatic rings. The van der Waals surface area contributed by atoms with E-state index in [0.717, 1.165) is 13.1 Å². The number of piperazine rings is 1. The lowest BCUT2D eigenvalue weighted by Gasteiger charge is -2.31. The summed E-state index contributed by atoms with van der Waals surface area (Å²) in [5.74, 6) is -1.31. The Labute approximate surface area is 77.2 Å². The van der Waals surface area contributed by atoms with Crippen LogP contribution in [0.5, 0.6) is 0 Å². The normalized spacial score (nSPS) is 18.5. The van der Waals surface area contributed by atoms with Gasteiger partial charge in [0.05, 0.1) is 7.11 Å². The lowest BCUT2D eigenvalue weighted by Crippen LogP contribution is -2.49. The average molecular weight is 186 g/mol. The Bertz CT molecular complexity index is 209. The summed E-state index contributed by atoms with van der Waals surface area (Å²) in [6, 6.07) is 0. The number of methoxy groups -OCH3 is 1. The topological polar surface area (TPSA) is 49.9 Å². The van der Waals surface area contributed by atoms with Crippen LogP contribution >= 0.6 is 0 Å². The number of hydrogen-bond acceptors (Lipinski definition) is 4. The summed E-state index contributed by atoms with van der Waals surface area (Å²) in [4.78, 5) is 25.8. The third kappa shape index (κ3) is 2.42. The van der Waals surface area contributed by atoms with E-state index >= 15 is 0 Å². The van der Waals surface area contributed by atoms with Crippen molar-refractivity contribution in [2.45, 2.75) is 0 Å². The number of likely N-dealkylation sites (N-methyl/N-ethyl adjacent to an activating group) is 1. The van der Waals surface area contributed by atoms with Crippen molar-refractivity contribution in [3.05, 3.63) is 0 Å². The van der Waals surface area contributed by atoms with E-state index in [9.17, 15) is 9.59 Å². The molecule has 5 heteroatoms. The first kappa shape index (κ1) is 9.98. The zero-order valence-electron chi connectivity index (χ0n) is 7.95. The lowest BCUT2D eigenvalue weighted by molar-refractivity contribution is -0.158. The van der Waals surface area contributed by atoms with Gasteiger partial charge in [0.25, 0.3) is 0 Å². The summed E-state index contributed by atoms with van der Waals surface area (Å²) in [6.07, 6.45) is 0. The van der Waals surface area contributed by atoms with Crippen LogP contribution in [0.25, 0.3) is 0 Å². The van der Waals surface area contributed by atoms with E-state index < -0.39 is 11.9 Å². The van der Waals surface area contributed by atoms with E-state index in [0.29, 0.717) is 13.1 Å². The first-order chi connectivity index (χ1) is 6.15. The van der Waals surface area contributed by atoms with Gasteiger partial charge in [-0.25, -0.2) is 4.79 Å². The maximum absolute atomic E-state index is 11.3. The molecular weight excluding hydrogens is 172 g/mol. The predicted molar refractivity (Wildman–Crippen MR) is 46.1 cm³/mol. The first-order valence-electron chi connectivity index (χ1n) is 4.21. The van der Waals surface area contributed by atoms with Gasteiger partial charge in [-0.15, -0.1) is 0 Å². The third-order valence-electron chi connectivity index (χ3n) is 2.15. The van der Waals surface area contributed by atoms with Crippen molar-refractivity contribution < 1.29 is 14.3 Å². The SMILES string of the molecule is COC(=O)C(=O)N1CCN(C)CC1. The van der Waals surface area contributed by atoms with Gasteiger partial charge >= 0.3 is 11.9 Å². The summed E-state index contributed by atoms with van der Waals surface area (Å²) < 4.78 is 4.35. The van der Waals surface area contributed by atoms with Gasteiger partial charge in [-0.05, 0) is 7.05 Å². The van der Waals surface area contributed by atoms with E-state index in [1.54, 1.807) is 0 Å². The summed E-state index contributed by atoms with van der Waals surface area (Å²) >= 11 is 0. The van der Waals surface area contributed by atoms with Crippen molar-refractivity contribution in [2.75, 3.05) is 40.3 Å². The third-order valence-corrected chi connectivity index (χ3v) is 2.15. The van der Waals surface area contributed by atoms with Crippen molar-refractivity contribution >= 4 is 11.9 Å². The number of esters is 1. The number of nitrogens with zero attached hydrogens (tertiary/aromatic N) is 2. The number of amides is 1. The van der Waals surface area contributed by atoms with Crippen molar-refractivity contribution in [1.82, 2.24) is 9.80 Å². The first-order valence-corrected chi connectivity index (χ1v) is 4.21. The van der Waals surface area contributed by atoms with Gasteiger partial charge in [0, 0.05) is 26.2 Å². The fourth-order valence-corrected chi connectivity index (χ4v) is 1.23. The van der Waals surface area contributed by atoms with Gasteiger partial charge in [-0.3, -0.25) is 4.79 Å². The molecule has 74 valence electrons. The molecule has 0 bridgehead atoms. The molecule has 0 aromatic rings. The molecule has 0 aromatic heterocycles. The van der Waals surface area contributed by atoms with Crippen LogP contribution in [0, 0.1) is 0 Å². The van der Waals surface area contributed by atoms with E-state index in [1.807, 2.05) is 7.05 Å². The van der Waals surface area contributed by atoms with Crippen molar-refractivity contribution in [1.29, 1.82) is 0 Å². The van der Waals surface area contributed by atoms with Crippen LogP contribution in [0.1, 0.15) is 0 Å². The van der Waals surface area contributed by atoms with Gasteiger partial charge in [0.15, 0.2) is 0 Å². The molecule has 0 N–H and O–H groups in total. The van der Waals surface area contributed by atoms with Gasteiger partial charge < -0.3 is 14.5 Å². The second-order valence-corrected chi connectivity index (χ2v) is 3.09. The number of carbonyl (C=O) groups excluding carboxylic acids is 2. The number of ether oxygens (including phenoxy) is 1. The number of hydrogen-bond donors (Lipinski definition) is 0. The number of rotatable bonds is 0. The Kier molecular flexibility index (Phi) is 3.25. The highest BCUT2D eigenvalue weighted by Gasteiger charge is 2.24. The summed E-state index contributed by atoms with van der Waals surface area (Å²) in [5, 5.41) is 0. The molecule has 0 radical (unpaired) electrons. The molecule has 1 saturated heterocycles. The maximum Gasteiger partial charge on any atom is 0.396 e. The molecule has 1 fully saturated rings. The molecule has 0 spiro atoms. The maximum atomic E-state index is 11.3. The van der Waals surface area contributed by atoms with Gasteiger partial charge in [-0.1, -0.05) is 0 Å². The molecule has 5 nitrogen and oxygen atoms in total. The van der Waals surface area contributed by atoms with Crippen LogP contribution in [0.3, 0.4) is 0 Å². The van der Waals surface area contributed by atoms with Gasteiger partial charge in [0.2, 0.25) is 0 Å². The molecule has 1 heterocycles. The molecular formula is C8H14N2O3. The van der Waals surface area contributed by atoms with E-state index in [2.05, 4.69) is 9.64 Å². The Balaban J connectivity index is 2.44. The Morgan fingerprint density at radius 2 is 1.69 bits per heavy atom. The standard InChI is InChI=1S/C8H14N2O3/c1-9-3-5-10(6-4-9)7(11)8(12)13-2/h3-6H2,1-2H3. The summed E-state index contributed by atoms with van der Waals surface area (Å²) in [7, 11) is 3.20. The van der Waals surface area contributed by atoms with Crippen LogP contribution in [0.4, 0.5) is 0 Å². The van der Waals surface area contributed by atoms with Gasteiger partial charge in [0.1, 0.15) is 0 Å². The molecule has 0 saturated carbocycles. The fourth-order valence-electron chi connectivity index (χ4n) is 1.23. The van der Waals surface area contributed by atoms with Crippen LogP contribution in [0.2, 0.25) is 0 Å². The van der Waals surface area contributed by atoms with Crippen molar-refractivity contribution in [3.63, 3.8) is 0 Å². The fraction of sp³-hybridized carbons (Fsp3) is 0.750. The highest BCUT2D eigenvalue weighted by atomic mass is 16.5. The Morgan fingerprint density at radius 1 is 1.15 bits per heavy atom. The van der Waals surface area contributed by atoms with E-state index in [4.69, 9.17) is 0 Å². The Morgan fingerprint density at radius 3 is 2.15 bits per heavy atom. The molecule has 0 aromatic carbocycles. The van der Waals surface area contributed by atoms with Crippen LogP contribution in [-0.2, 0) is 14.3 Å². The quantitative estimate of drug-likeness (QED) is 0.357. The molecule has 13 heavy (non-hydrogen) atoms. The molecule has 0 aliphatic carbocycles. The van der Waals surface area contributed by atoms with Crippen molar-refractivity contribution in [2.24, 2.45) is 0 Å². The summed E-state index contributed by atoms with van der Waals surface area (Å²) in [6.45, 7) is 2.82. The minimum Gasteiger partial charge on any atom is -0.462 e. The average Bonchev–Trinajstić information content (AvgIpc) is 2.17. The minimum atomic E-state index is -0.774. The predicted octanol–water partition coefficient (Wildman–Crippen LogP) is -1.07. The van der Waals surface area contributed by atoms with E-state index in [-0.39, 0.29) is 0 Å². The van der Waals surface area contributed by atoms with E-state index in [1.165, 1.54) is 12.0 Å². The second-order valence-electron chi connectivity index (χ2n) is 3.09. The zero-order chi connectivity index (χ0) is 9.84. The highest BCUT2D eigenvalue weighted by Crippen LogP contribution is 2.00. The second kappa shape index (κ2) is 4.23. The molecule has 1 amide bonds.